The molecule has 0 aliphatic carbocycles. The van der Waals surface area contributed by atoms with Gasteiger partial charge < -0.3 is 22.4 Å². The Hall–Kier alpha value is -11.9. The van der Waals surface area contributed by atoms with Gasteiger partial charge in [-0.3, -0.25) is 15.0 Å². The van der Waals surface area contributed by atoms with E-state index < -0.39 is 0 Å². The summed E-state index contributed by atoms with van der Waals surface area (Å²) in [6.45, 7) is 3.50. The van der Waals surface area contributed by atoms with E-state index in [0.717, 1.165) is 22.3 Å². The summed E-state index contributed by atoms with van der Waals surface area (Å²) < 4.78 is 25.9. The Morgan fingerprint density at radius 2 is 0.952 bits per heavy atom. The molecule has 0 spiro atoms. The van der Waals surface area contributed by atoms with Crippen LogP contribution < -0.4 is 0 Å². The summed E-state index contributed by atoms with van der Waals surface area (Å²) in [6.07, 6.45) is 28.5. The zero-order valence-corrected chi connectivity index (χ0v) is 46.1. The Bertz CT molecular complexity index is 3070. The fourth-order valence-electron chi connectivity index (χ4n) is 4.93. The molecule has 0 saturated heterocycles. The Morgan fingerprint density at radius 3 is 1.26 bits per heavy atom. The molecule has 420 valence electrons. The molecule has 0 fully saturated rings. The van der Waals surface area contributed by atoms with Crippen molar-refractivity contribution in [3.63, 3.8) is 0 Å². The van der Waals surface area contributed by atoms with Crippen LogP contribution in [0.5, 0.6) is 0 Å². The van der Waals surface area contributed by atoms with Crippen LogP contribution in [0.15, 0.2) is 297 Å². The van der Waals surface area contributed by atoms with Crippen LogP contribution >= 0.6 is 34.2 Å². The molecule has 4 aromatic carbocycles. The molecule has 0 atom stereocenters. The number of rotatable bonds is 4. The van der Waals surface area contributed by atoms with Crippen molar-refractivity contribution in [1.82, 2.24) is 105 Å². The molecule has 0 aliphatic heterocycles. The van der Waals surface area contributed by atoms with Gasteiger partial charge in [-0.1, -0.05) is 125 Å². The summed E-state index contributed by atoms with van der Waals surface area (Å²) in [4.78, 5) is 50.4. The Morgan fingerprint density at radius 1 is 0.357 bits per heavy atom. The lowest BCUT2D eigenvalue weighted by Gasteiger charge is -2.02. The minimum Gasteiger partial charge on any atom is -0.452 e. The molecule has 15 rings (SSSR count). The molecule has 0 amide bonds. The minimum absolute atomic E-state index is 0.561. The van der Waals surface area contributed by atoms with E-state index in [4.69, 9.17) is 9.78 Å². The largest absolute Gasteiger partial charge is 0.452 e. The first-order valence-electron chi connectivity index (χ1n) is 23.4. The summed E-state index contributed by atoms with van der Waals surface area (Å²) in [6, 6.07) is 41.0. The highest BCUT2D eigenvalue weighted by atomic mass is 32.1. The van der Waals surface area contributed by atoms with E-state index in [-0.39, 0.29) is 0 Å². The fraction of sp³-hybridized carbons (Fsp3) is 0. The van der Waals surface area contributed by atoms with Gasteiger partial charge in [0.25, 0.3) is 5.89 Å². The molecule has 0 bridgehead atoms. The zero-order chi connectivity index (χ0) is 58.9. The van der Waals surface area contributed by atoms with Gasteiger partial charge in [-0.25, -0.2) is 50.1 Å². The first kappa shape index (κ1) is 64.6. The van der Waals surface area contributed by atoms with Gasteiger partial charge in [0.2, 0.25) is 19.2 Å². The number of nitrogens with zero attached hydrogens (tertiary/aromatic N) is 22. The van der Waals surface area contributed by atoms with Crippen LogP contribution in [0.4, 0.5) is 0 Å². The molecule has 30 heteroatoms. The van der Waals surface area contributed by atoms with Gasteiger partial charge in [0, 0.05) is 65.2 Å². The maximum atomic E-state index is 6.50. The smallest absolute Gasteiger partial charge is 0.257 e. The van der Waals surface area contributed by atoms with Crippen molar-refractivity contribution in [2.45, 2.75) is 0 Å². The molecule has 15 aromatic rings. The maximum absolute atomic E-state index is 6.50. The number of hydrogen-bond donors (Lipinski definition) is 0. The first-order valence-corrected chi connectivity index (χ1v) is 26.1. The summed E-state index contributed by atoms with van der Waals surface area (Å²) in [5, 5.41) is 32.1. The van der Waals surface area contributed by atoms with Crippen LogP contribution in [0.3, 0.4) is 0 Å². The molecule has 0 radical (unpaired) electrons. The van der Waals surface area contributed by atoms with Crippen molar-refractivity contribution in [1.29, 1.82) is 5.26 Å². The average Bonchev–Trinajstić information content (AvgIpc) is 4.56. The van der Waals surface area contributed by atoms with Crippen molar-refractivity contribution in [2.75, 3.05) is 0 Å². The second kappa shape index (κ2) is 47.1. The zero-order valence-electron chi connectivity index (χ0n) is 43.7. The number of hydrogen-bond acceptors (Lipinski definition) is 30. The lowest BCUT2D eigenvalue weighted by atomic mass is 10.2. The molecule has 27 nitrogen and oxygen atoms in total. The molecular weight excluding hydrogens is 1130 g/mol. The first-order chi connectivity index (χ1) is 41.9. The Kier molecular flexibility index (Phi) is 36.2. The van der Waals surface area contributed by atoms with Crippen LogP contribution in [0.1, 0.15) is 0 Å². The Labute approximate surface area is 490 Å². The number of nitriles is 1. The van der Waals surface area contributed by atoms with Gasteiger partial charge in [-0.2, -0.15) is 9.36 Å². The van der Waals surface area contributed by atoms with Crippen LogP contribution in [0.25, 0.3) is 45.6 Å². The molecule has 0 unspecified atom stereocenters. The Balaban J connectivity index is 0.000000205. The maximum Gasteiger partial charge on any atom is 0.257 e. The third-order valence-electron chi connectivity index (χ3n) is 8.19. The predicted octanol–water partition coefficient (Wildman–Crippen LogP) is 10.8. The van der Waals surface area contributed by atoms with Crippen molar-refractivity contribution >= 4 is 34.2 Å². The van der Waals surface area contributed by atoms with E-state index in [2.05, 4.69) is 129 Å². The van der Waals surface area contributed by atoms with Crippen molar-refractivity contribution in [2.24, 2.45) is 0 Å². The van der Waals surface area contributed by atoms with Crippen molar-refractivity contribution in [3.05, 3.63) is 274 Å². The topological polar surface area (TPSA) is 360 Å². The minimum atomic E-state index is 0.561. The van der Waals surface area contributed by atoms with Gasteiger partial charge in [-0.15, -0.1) is 43.1 Å². The molecule has 0 N–H and O–H groups in total. The quantitative estimate of drug-likeness (QED) is 0.158. The van der Waals surface area contributed by atoms with E-state index in [1.807, 2.05) is 127 Å². The number of aromatic nitrogens is 21. The highest BCUT2D eigenvalue weighted by Crippen LogP contribution is 2.18. The van der Waals surface area contributed by atoms with E-state index >= 15 is 0 Å². The van der Waals surface area contributed by atoms with Gasteiger partial charge in [0.15, 0.2) is 36.5 Å². The molecule has 84 heavy (non-hydrogen) atoms. The third kappa shape index (κ3) is 32.1. The number of oxazole rings is 1. The van der Waals surface area contributed by atoms with Gasteiger partial charge in [0.05, 0.1) is 17.9 Å². The molecule has 11 aromatic heterocycles. The van der Waals surface area contributed by atoms with Crippen LogP contribution in [-0.4, -0.2) is 105 Å². The van der Waals surface area contributed by atoms with E-state index in [0.29, 0.717) is 23.4 Å². The highest BCUT2D eigenvalue weighted by molar-refractivity contribution is 7.07. The van der Waals surface area contributed by atoms with Gasteiger partial charge in [-0.05, 0) is 29.7 Å². The van der Waals surface area contributed by atoms with Crippen LogP contribution in [0.2, 0.25) is 0 Å². The summed E-state index contributed by atoms with van der Waals surface area (Å²) >= 11 is 4.44. The van der Waals surface area contributed by atoms with E-state index in [1.165, 1.54) is 92.6 Å². The highest BCUT2D eigenvalue weighted by Gasteiger charge is 2.05. The van der Waals surface area contributed by atoms with Gasteiger partial charge >= 0.3 is 0 Å². The normalized spacial score (nSPS) is 8.79. The summed E-state index contributed by atoms with van der Waals surface area (Å²) in [5.41, 5.74) is 10.8. The lowest BCUT2D eigenvalue weighted by molar-refractivity contribution is 0.416. The van der Waals surface area contributed by atoms with Crippen molar-refractivity contribution < 1.29 is 22.4 Å². The second-order valence-electron chi connectivity index (χ2n) is 13.6. The average molecular weight is 1180 g/mol. The molecule has 0 saturated carbocycles. The van der Waals surface area contributed by atoms with E-state index in [9.17, 15) is 0 Å². The SMILES string of the molecule is C#N.c1ccc(-c2ncnc(-c3ccccc3)n2)cc1.c1ccc(-c2ncncn2)cc1.c1ccc(-c2ncno2)cc1.c1cnccn1.c1cnoc1.c1cocn1.c1cscn1.c1ncon1.c1ncsn1.c1nnco1.c1nncs1. The lowest BCUT2D eigenvalue weighted by Crippen LogP contribution is -1.94. The standard InChI is InChI=1S/C15H11N3.C9H7N3.C8H6N2O.C4H4N2.2C3H3NO.C3H3NS.2C2H2N2O.2C2H2N2S.CHN/c1-3-7-12(8-4-1)14-16-11-17-15(18-14)13-9-5-2-6-10-13;1-2-4-8(5-3-1)9-11-6-10-7-12-9;1-2-4-7(5-3-1)8-9-6-10-11-8;1-2-6-4-3-5-1;1-2-5-3-4-1;1-2-4-5-3-1;1-2-5-3-4-1;1-3-4-2-5-1;1-3-2-5-4-1;1-3-4-2-5-1;1-3-2-5-4-1;1-2/h1-11H;1-7H;1-6H;1-4H;3*1-3H;4*1-2H;1H. The van der Waals surface area contributed by atoms with E-state index in [1.54, 1.807) is 89.2 Å². The predicted molar refractivity (Wildman–Crippen MR) is 308 cm³/mol. The second-order valence-corrected chi connectivity index (χ2v) is 15.6. The molecule has 11 heterocycles. The monoisotopic (exact) mass is 1180 g/mol. The van der Waals surface area contributed by atoms with Crippen LogP contribution in [-0.2, 0) is 0 Å². The summed E-state index contributed by atoms with van der Waals surface area (Å²) in [5.74, 6) is 2.67. The van der Waals surface area contributed by atoms with Crippen LogP contribution in [0, 0.1) is 11.8 Å². The summed E-state index contributed by atoms with van der Waals surface area (Å²) in [7, 11) is 0. The fourth-order valence-corrected chi connectivity index (χ4v) is 5.83. The van der Waals surface area contributed by atoms with Crippen molar-refractivity contribution in [3.8, 4) is 52.2 Å². The number of thiazole rings is 1. The molecular formula is C54H46N22O5S3. The third-order valence-corrected chi connectivity index (χ3v) is 9.58. The number of benzene rings is 4. The van der Waals surface area contributed by atoms with Gasteiger partial charge in [0.1, 0.15) is 54.4 Å². The molecule has 0 aliphatic rings.